The van der Waals surface area contributed by atoms with E-state index in [0.717, 1.165) is 30.2 Å². The van der Waals surface area contributed by atoms with Crippen molar-refractivity contribution in [3.63, 3.8) is 0 Å². The summed E-state index contributed by atoms with van der Waals surface area (Å²) < 4.78 is 18.7. The zero-order valence-electron chi connectivity index (χ0n) is 16.5. The van der Waals surface area contributed by atoms with Gasteiger partial charge in [-0.1, -0.05) is 22.5 Å². The van der Waals surface area contributed by atoms with E-state index in [1.165, 1.54) is 6.07 Å². The van der Waals surface area contributed by atoms with Crippen molar-refractivity contribution in [3.8, 4) is 11.1 Å². The minimum absolute atomic E-state index is 0.144. The van der Waals surface area contributed by atoms with Crippen molar-refractivity contribution < 1.29 is 9.23 Å². The van der Waals surface area contributed by atoms with Gasteiger partial charge in [0.05, 0.1) is 18.5 Å². The number of halogens is 1. The van der Waals surface area contributed by atoms with E-state index in [1.54, 1.807) is 23.1 Å². The lowest BCUT2D eigenvalue weighted by molar-refractivity contribution is 0.0693. The van der Waals surface area contributed by atoms with Crippen molar-refractivity contribution in [2.75, 3.05) is 13.1 Å². The molecule has 31 heavy (non-hydrogen) atoms. The molecule has 1 atom stereocenters. The number of fused-ring (bicyclic) bond motifs is 1. The highest BCUT2D eigenvalue weighted by Gasteiger charge is 2.25. The Bertz CT molecular complexity index is 1280. The molecule has 6 rings (SSSR count). The maximum atomic E-state index is 15.0. The predicted molar refractivity (Wildman–Crippen MR) is 110 cm³/mol. The van der Waals surface area contributed by atoms with Crippen LogP contribution in [0.1, 0.15) is 23.7 Å². The van der Waals surface area contributed by atoms with E-state index >= 15 is 4.39 Å². The smallest absolute Gasteiger partial charge is 0.161 e. The fourth-order valence-corrected chi connectivity index (χ4v) is 3.99. The number of aromatic nitrogens is 6. The van der Waals surface area contributed by atoms with E-state index in [9.17, 15) is 0 Å². The van der Waals surface area contributed by atoms with Crippen LogP contribution in [0.2, 0.25) is 0 Å². The number of benzene rings is 1. The number of pyridine rings is 1. The van der Waals surface area contributed by atoms with Gasteiger partial charge in [-0.25, -0.2) is 9.07 Å². The number of nitrogens with one attached hydrogen (secondary N) is 1. The Balaban J connectivity index is 1.22. The molecule has 9 nitrogen and oxygen atoms in total. The Kier molecular flexibility index (Phi) is 4.23. The van der Waals surface area contributed by atoms with Gasteiger partial charge in [-0.05, 0) is 23.8 Å². The highest BCUT2D eigenvalue weighted by Crippen LogP contribution is 2.28. The van der Waals surface area contributed by atoms with Crippen LogP contribution in [0.3, 0.4) is 0 Å². The van der Waals surface area contributed by atoms with Crippen LogP contribution >= 0.6 is 0 Å². The van der Waals surface area contributed by atoms with E-state index < -0.39 is 0 Å². The van der Waals surface area contributed by atoms with Crippen LogP contribution in [0, 0.1) is 5.82 Å². The van der Waals surface area contributed by atoms with Gasteiger partial charge in [-0.15, -0.1) is 15.3 Å². The number of hydrogen-bond donors (Lipinski definition) is 1. The fraction of sp³-hybridized carbons (Fsp3) is 0.286. The number of nitrogens with zero attached hydrogens (tertiary/aromatic N) is 7. The second kappa shape index (κ2) is 7.24. The summed E-state index contributed by atoms with van der Waals surface area (Å²) in [5.41, 5.74) is 3.43. The van der Waals surface area contributed by atoms with Crippen LogP contribution in [-0.4, -0.2) is 54.5 Å². The Morgan fingerprint density at radius 1 is 1.10 bits per heavy atom. The van der Waals surface area contributed by atoms with Crippen molar-refractivity contribution in [1.82, 2.24) is 34.9 Å². The summed E-state index contributed by atoms with van der Waals surface area (Å²) in [4.78, 5) is 5.49. The summed E-state index contributed by atoms with van der Waals surface area (Å²) in [5.74, 6) is 1.00. The minimum Gasteiger partial charge on any atom is -0.390 e. The van der Waals surface area contributed by atoms with Crippen molar-refractivity contribution in [2.45, 2.75) is 25.0 Å². The average molecular weight is 418 g/mol. The summed E-state index contributed by atoms with van der Waals surface area (Å²) in [7, 11) is 0. The van der Waals surface area contributed by atoms with E-state index in [0.29, 0.717) is 35.7 Å². The van der Waals surface area contributed by atoms with Crippen LogP contribution in [0.5, 0.6) is 0 Å². The molecule has 0 saturated carbocycles. The van der Waals surface area contributed by atoms with Gasteiger partial charge in [-0.3, -0.25) is 4.40 Å². The van der Waals surface area contributed by atoms with Gasteiger partial charge < -0.3 is 10.2 Å². The molecule has 2 aliphatic heterocycles. The highest BCUT2D eigenvalue weighted by molar-refractivity contribution is 6.01. The largest absolute Gasteiger partial charge is 0.390 e. The first-order valence-corrected chi connectivity index (χ1v) is 10.2. The predicted octanol–water partition coefficient (Wildman–Crippen LogP) is 2.01. The van der Waals surface area contributed by atoms with Gasteiger partial charge in [-0.2, -0.15) is 0 Å². The monoisotopic (exact) mass is 418 g/mol. The van der Waals surface area contributed by atoms with Crippen molar-refractivity contribution in [3.05, 3.63) is 66.1 Å². The SMILES string of the molecule is Fc1cc(C2=NO[C@@H](Cn3ccnn3)C2)ccc1-c1ccn2c(C3CNC3)nnc2c1. The molecule has 1 saturated heterocycles. The molecule has 3 aromatic heterocycles. The zero-order valence-corrected chi connectivity index (χ0v) is 16.5. The number of oxime groups is 1. The molecule has 0 amide bonds. The topological polar surface area (TPSA) is 94.5 Å². The summed E-state index contributed by atoms with van der Waals surface area (Å²) in [6.07, 6.45) is 5.74. The Labute approximate surface area is 176 Å². The van der Waals surface area contributed by atoms with E-state index in [2.05, 4.69) is 31.0 Å². The molecule has 1 aromatic carbocycles. The normalized spacial score (nSPS) is 18.7. The van der Waals surface area contributed by atoms with Crippen molar-refractivity contribution in [2.24, 2.45) is 5.16 Å². The summed E-state index contributed by atoms with van der Waals surface area (Å²) >= 11 is 0. The number of rotatable bonds is 5. The molecule has 0 unspecified atom stereocenters. The van der Waals surface area contributed by atoms with Gasteiger partial charge in [0.25, 0.3) is 0 Å². The molecule has 0 aliphatic carbocycles. The fourth-order valence-electron chi connectivity index (χ4n) is 3.99. The van der Waals surface area contributed by atoms with Gasteiger partial charge in [0.15, 0.2) is 11.8 Å². The quantitative estimate of drug-likeness (QED) is 0.533. The first kappa shape index (κ1) is 18.1. The molecular weight excluding hydrogens is 399 g/mol. The average Bonchev–Trinajstić information content (AvgIpc) is 3.49. The second-order valence-corrected chi connectivity index (χ2v) is 7.85. The van der Waals surface area contributed by atoms with E-state index in [4.69, 9.17) is 4.84 Å². The lowest BCUT2D eigenvalue weighted by Crippen LogP contribution is -2.40. The highest BCUT2D eigenvalue weighted by atomic mass is 19.1. The molecule has 1 N–H and O–H groups in total. The van der Waals surface area contributed by atoms with Gasteiger partial charge in [0.1, 0.15) is 11.6 Å². The van der Waals surface area contributed by atoms with Crippen LogP contribution in [0.25, 0.3) is 16.8 Å². The molecule has 1 fully saturated rings. The first-order valence-electron chi connectivity index (χ1n) is 10.2. The van der Waals surface area contributed by atoms with Crippen molar-refractivity contribution in [1.29, 1.82) is 0 Å². The Hall–Kier alpha value is -3.66. The molecule has 0 radical (unpaired) electrons. The maximum absolute atomic E-state index is 15.0. The van der Waals surface area contributed by atoms with Crippen LogP contribution < -0.4 is 5.32 Å². The van der Waals surface area contributed by atoms with Crippen LogP contribution in [0.4, 0.5) is 4.39 Å². The lowest BCUT2D eigenvalue weighted by Gasteiger charge is -2.25. The maximum Gasteiger partial charge on any atom is 0.161 e. The summed E-state index contributed by atoms with van der Waals surface area (Å²) in [6.45, 7) is 2.36. The van der Waals surface area contributed by atoms with E-state index in [-0.39, 0.29) is 11.9 Å². The molecule has 4 aromatic rings. The van der Waals surface area contributed by atoms with E-state index in [1.807, 2.05) is 28.8 Å². The molecule has 0 bridgehead atoms. The third-order valence-electron chi connectivity index (χ3n) is 5.79. The first-order chi connectivity index (χ1) is 15.2. The Morgan fingerprint density at radius 3 is 2.81 bits per heavy atom. The third-order valence-corrected chi connectivity index (χ3v) is 5.79. The molecule has 156 valence electrons. The molecule has 0 spiro atoms. The zero-order chi connectivity index (χ0) is 20.8. The third kappa shape index (κ3) is 3.25. The molecule has 2 aliphatic rings. The van der Waals surface area contributed by atoms with Gasteiger partial charge in [0, 0.05) is 48.9 Å². The van der Waals surface area contributed by atoms with Crippen LogP contribution in [-0.2, 0) is 11.4 Å². The van der Waals surface area contributed by atoms with Crippen LogP contribution in [0.15, 0.2) is 54.1 Å². The second-order valence-electron chi connectivity index (χ2n) is 7.85. The summed E-state index contributed by atoms with van der Waals surface area (Å²) in [6, 6.07) is 8.92. The standard InChI is InChI=1S/C21H19FN8O/c22-18-7-14(19-9-16(31-27-19)12-29-6-4-24-28-29)1-2-17(18)13-3-5-30-20(8-13)25-26-21(30)15-10-23-11-15/h1-8,15-16,23H,9-12H2/t16-/m1/s1. The minimum atomic E-state index is -0.313. The lowest BCUT2D eigenvalue weighted by atomic mass is 9.99. The molecular formula is C21H19FN8O. The summed E-state index contributed by atoms with van der Waals surface area (Å²) in [5, 5.41) is 23.7. The van der Waals surface area contributed by atoms with Crippen molar-refractivity contribution >= 4 is 11.4 Å². The molecule has 5 heterocycles. The Morgan fingerprint density at radius 2 is 2.03 bits per heavy atom. The van der Waals surface area contributed by atoms with Gasteiger partial charge in [0.2, 0.25) is 0 Å². The molecule has 10 heteroatoms. The van der Waals surface area contributed by atoms with Gasteiger partial charge >= 0.3 is 0 Å². The number of hydrogen-bond acceptors (Lipinski definition) is 7.